The lowest BCUT2D eigenvalue weighted by Gasteiger charge is -2.28. The van der Waals surface area contributed by atoms with Crippen molar-refractivity contribution in [3.63, 3.8) is 0 Å². The zero-order chi connectivity index (χ0) is 16.3. The average molecular weight is 313 g/mol. The molecule has 2 nitrogen and oxygen atoms in total. The minimum atomic E-state index is -0.282. The van der Waals surface area contributed by atoms with Gasteiger partial charge in [-0.1, -0.05) is 49.2 Å². The lowest BCUT2D eigenvalue weighted by molar-refractivity contribution is 0.287. The number of nitrogens with two attached hydrogens (primary N) is 1. The summed E-state index contributed by atoms with van der Waals surface area (Å²) in [7, 11) is 0. The van der Waals surface area contributed by atoms with Crippen LogP contribution in [0.5, 0.6) is 5.75 Å². The van der Waals surface area contributed by atoms with Crippen LogP contribution in [0.1, 0.15) is 42.4 Å². The van der Waals surface area contributed by atoms with Crippen molar-refractivity contribution < 1.29 is 9.13 Å². The first kappa shape index (κ1) is 16.0. The van der Waals surface area contributed by atoms with Gasteiger partial charge in [-0.25, -0.2) is 4.39 Å². The van der Waals surface area contributed by atoms with Gasteiger partial charge in [-0.2, -0.15) is 0 Å². The molecule has 0 bridgehead atoms. The minimum absolute atomic E-state index is 0.0520. The van der Waals surface area contributed by atoms with Gasteiger partial charge in [-0.05, 0) is 42.5 Å². The van der Waals surface area contributed by atoms with Crippen LogP contribution in [0.2, 0.25) is 0 Å². The van der Waals surface area contributed by atoms with Gasteiger partial charge in [0.1, 0.15) is 6.61 Å². The van der Waals surface area contributed by atoms with Crippen LogP contribution in [-0.4, -0.2) is 6.54 Å². The second-order valence-corrected chi connectivity index (χ2v) is 6.57. The van der Waals surface area contributed by atoms with Crippen LogP contribution in [0.15, 0.2) is 42.5 Å². The first-order chi connectivity index (χ1) is 11.1. The van der Waals surface area contributed by atoms with E-state index in [1.807, 2.05) is 37.3 Å². The van der Waals surface area contributed by atoms with Gasteiger partial charge in [0.05, 0.1) is 0 Å². The van der Waals surface area contributed by atoms with Gasteiger partial charge in [-0.3, -0.25) is 0 Å². The van der Waals surface area contributed by atoms with Gasteiger partial charge in [0.25, 0.3) is 0 Å². The molecule has 0 atom stereocenters. The Kier molecular flexibility index (Phi) is 4.67. The van der Waals surface area contributed by atoms with Crippen LogP contribution in [0, 0.1) is 12.7 Å². The summed E-state index contributed by atoms with van der Waals surface area (Å²) in [5.41, 5.74) is 8.87. The van der Waals surface area contributed by atoms with Crippen molar-refractivity contribution in [3.8, 4) is 5.75 Å². The summed E-state index contributed by atoms with van der Waals surface area (Å²) in [5.74, 6) is 0.0680. The van der Waals surface area contributed by atoms with E-state index in [4.69, 9.17) is 10.5 Å². The number of aryl methyl sites for hydroxylation is 1. The summed E-state index contributed by atoms with van der Waals surface area (Å²) in [5, 5.41) is 0. The molecule has 0 heterocycles. The highest BCUT2D eigenvalue weighted by molar-refractivity contribution is 5.41. The van der Waals surface area contributed by atoms with Crippen molar-refractivity contribution >= 4 is 0 Å². The Hall–Kier alpha value is -1.87. The van der Waals surface area contributed by atoms with E-state index in [1.165, 1.54) is 12.8 Å². The number of ether oxygens (including phenoxy) is 1. The van der Waals surface area contributed by atoms with Gasteiger partial charge >= 0.3 is 0 Å². The normalized spacial score (nSPS) is 16.5. The number of halogens is 1. The number of hydrogen-bond donors (Lipinski definition) is 1. The third-order valence-electron chi connectivity index (χ3n) is 5.02. The van der Waals surface area contributed by atoms with Crippen molar-refractivity contribution in [2.24, 2.45) is 5.73 Å². The first-order valence-corrected chi connectivity index (χ1v) is 8.32. The lowest BCUT2D eigenvalue weighted by atomic mass is 9.78. The molecule has 1 fully saturated rings. The molecule has 0 saturated heterocycles. The Morgan fingerprint density at radius 2 is 1.83 bits per heavy atom. The average Bonchev–Trinajstić information content (AvgIpc) is 3.05. The Morgan fingerprint density at radius 3 is 2.43 bits per heavy atom. The van der Waals surface area contributed by atoms with E-state index >= 15 is 0 Å². The van der Waals surface area contributed by atoms with Crippen molar-refractivity contribution in [1.82, 2.24) is 0 Å². The SMILES string of the molecule is Cc1cc(C2(CN)CCCC2)cc(F)c1OCc1ccccc1. The molecule has 1 aliphatic carbocycles. The van der Waals surface area contributed by atoms with Crippen LogP contribution < -0.4 is 10.5 Å². The first-order valence-electron chi connectivity index (χ1n) is 8.32. The second kappa shape index (κ2) is 6.71. The molecule has 3 heteroatoms. The van der Waals surface area contributed by atoms with Gasteiger partial charge in [0.15, 0.2) is 11.6 Å². The molecule has 23 heavy (non-hydrogen) atoms. The molecule has 2 N–H and O–H groups in total. The highest BCUT2D eigenvalue weighted by Crippen LogP contribution is 2.42. The molecular formula is C20H24FNO. The largest absolute Gasteiger partial charge is 0.486 e. The van der Waals surface area contributed by atoms with Crippen LogP contribution in [0.25, 0.3) is 0 Å². The summed E-state index contributed by atoms with van der Waals surface area (Å²) in [6.45, 7) is 2.86. The molecule has 1 saturated carbocycles. The van der Waals surface area contributed by atoms with Crippen molar-refractivity contribution in [3.05, 3.63) is 65.0 Å². The molecule has 2 aromatic rings. The summed E-state index contributed by atoms with van der Waals surface area (Å²) >= 11 is 0. The fraction of sp³-hybridized carbons (Fsp3) is 0.400. The maximum absolute atomic E-state index is 14.6. The van der Waals surface area contributed by atoms with Crippen molar-refractivity contribution in [2.75, 3.05) is 6.54 Å². The van der Waals surface area contributed by atoms with Crippen LogP contribution >= 0.6 is 0 Å². The van der Waals surface area contributed by atoms with Crippen LogP contribution in [-0.2, 0) is 12.0 Å². The zero-order valence-electron chi connectivity index (χ0n) is 13.6. The Bertz CT molecular complexity index is 640. The molecule has 122 valence electrons. The fourth-order valence-electron chi connectivity index (χ4n) is 3.61. The quantitative estimate of drug-likeness (QED) is 0.883. The zero-order valence-corrected chi connectivity index (χ0v) is 13.6. The molecule has 0 aromatic heterocycles. The van der Waals surface area contributed by atoms with Crippen molar-refractivity contribution in [1.29, 1.82) is 0 Å². The second-order valence-electron chi connectivity index (χ2n) is 6.57. The third-order valence-corrected chi connectivity index (χ3v) is 5.02. The molecule has 0 spiro atoms. The van der Waals surface area contributed by atoms with Crippen LogP contribution in [0.3, 0.4) is 0 Å². The lowest BCUT2D eigenvalue weighted by Crippen LogP contribution is -2.32. The van der Waals surface area contributed by atoms with E-state index in [9.17, 15) is 4.39 Å². The van der Waals surface area contributed by atoms with E-state index in [0.717, 1.165) is 29.5 Å². The van der Waals surface area contributed by atoms with Gasteiger partial charge in [0, 0.05) is 12.0 Å². The fourth-order valence-corrected chi connectivity index (χ4v) is 3.61. The van der Waals surface area contributed by atoms with Gasteiger partial charge in [-0.15, -0.1) is 0 Å². The Labute approximate surface area is 137 Å². The van der Waals surface area contributed by atoms with E-state index in [1.54, 1.807) is 6.07 Å². The summed E-state index contributed by atoms with van der Waals surface area (Å²) in [6.07, 6.45) is 4.44. The molecule has 2 aromatic carbocycles. The van der Waals surface area contributed by atoms with Crippen LogP contribution in [0.4, 0.5) is 4.39 Å². The highest BCUT2D eigenvalue weighted by Gasteiger charge is 2.35. The van der Waals surface area contributed by atoms with E-state index in [2.05, 4.69) is 6.07 Å². The topological polar surface area (TPSA) is 35.2 Å². The van der Waals surface area contributed by atoms with Gasteiger partial charge < -0.3 is 10.5 Å². The van der Waals surface area contributed by atoms with E-state index < -0.39 is 0 Å². The van der Waals surface area contributed by atoms with E-state index in [0.29, 0.717) is 18.9 Å². The summed E-state index contributed by atoms with van der Waals surface area (Å²) in [4.78, 5) is 0. The monoisotopic (exact) mass is 313 g/mol. The number of hydrogen-bond acceptors (Lipinski definition) is 2. The number of benzene rings is 2. The molecule has 3 rings (SSSR count). The van der Waals surface area contributed by atoms with Crippen molar-refractivity contribution in [2.45, 2.75) is 44.6 Å². The standard InChI is InChI=1S/C20H24FNO/c1-15-11-17(20(14-22)9-5-6-10-20)12-18(21)19(15)23-13-16-7-3-2-4-8-16/h2-4,7-8,11-12H,5-6,9-10,13-14,22H2,1H3. The molecule has 0 unspecified atom stereocenters. The Balaban J connectivity index is 1.83. The summed E-state index contributed by atoms with van der Waals surface area (Å²) in [6, 6.07) is 13.5. The molecular weight excluding hydrogens is 289 g/mol. The highest BCUT2D eigenvalue weighted by atomic mass is 19.1. The Morgan fingerprint density at radius 1 is 1.13 bits per heavy atom. The summed E-state index contributed by atoms with van der Waals surface area (Å²) < 4.78 is 20.3. The minimum Gasteiger partial charge on any atom is -0.486 e. The molecule has 1 aliphatic rings. The third kappa shape index (κ3) is 3.25. The molecule has 0 radical (unpaired) electrons. The predicted octanol–water partition coefficient (Wildman–Crippen LogP) is 4.48. The molecule has 0 amide bonds. The van der Waals surface area contributed by atoms with E-state index in [-0.39, 0.29) is 11.2 Å². The molecule has 0 aliphatic heterocycles. The van der Waals surface area contributed by atoms with Gasteiger partial charge in [0.2, 0.25) is 0 Å². The smallest absolute Gasteiger partial charge is 0.165 e. The maximum atomic E-state index is 14.6. The predicted molar refractivity (Wildman–Crippen MR) is 91.1 cm³/mol. The maximum Gasteiger partial charge on any atom is 0.165 e. The number of rotatable bonds is 5.